The molecule has 5 nitrogen and oxygen atoms in total. The number of rotatable bonds is 10. The number of nitrogens with zero attached hydrogens (tertiary/aromatic N) is 1. The Hall–Kier alpha value is -1.86. The van der Waals surface area contributed by atoms with Crippen molar-refractivity contribution in [2.24, 2.45) is 0 Å². The topological polar surface area (TPSA) is 57.5 Å². The molecule has 0 aliphatic carbocycles. The van der Waals surface area contributed by atoms with E-state index in [0.717, 1.165) is 15.7 Å². The fourth-order valence-corrected chi connectivity index (χ4v) is 10.8. The van der Waals surface area contributed by atoms with Crippen LogP contribution in [-0.2, 0) is 22.5 Å². The van der Waals surface area contributed by atoms with Crippen LogP contribution in [0.5, 0.6) is 5.75 Å². The van der Waals surface area contributed by atoms with Gasteiger partial charge in [-0.25, -0.2) is 4.79 Å². The van der Waals surface area contributed by atoms with Gasteiger partial charge in [0, 0.05) is 4.47 Å². The molecule has 2 rings (SSSR count). The fraction of sp³-hybridized carbons (Fsp3) is 0.538. The van der Waals surface area contributed by atoms with Gasteiger partial charge in [-0.15, -0.1) is 0 Å². The second-order valence-electron chi connectivity index (χ2n) is 9.56. The summed E-state index contributed by atoms with van der Waals surface area (Å²) in [6.07, 6.45) is 0.627. The third-order valence-electron chi connectivity index (χ3n) is 6.53. The summed E-state index contributed by atoms with van der Waals surface area (Å²) in [5, 5.41) is 0. The van der Waals surface area contributed by atoms with Crippen molar-refractivity contribution in [2.45, 2.75) is 85.0 Å². The first-order valence-electron chi connectivity index (χ1n) is 11.7. The van der Waals surface area contributed by atoms with Gasteiger partial charge in [-0.3, -0.25) is 4.79 Å². The molecule has 0 saturated heterocycles. The molecule has 1 aromatic carbocycles. The summed E-state index contributed by atoms with van der Waals surface area (Å²) in [5.74, 6) is 0.159. The number of ketones is 1. The van der Waals surface area contributed by atoms with Gasteiger partial charge in [-0.1, -0.05) is 76.5 Å². The number of halogens is 1. The van der Waals surface area contributed by atoms with Crippen molar-refractivity contribution in [2.75, 3.05) is 7.11 Å². The number of esters is 1. The van der Waals surface area contributed by atoms with Crippen molar-refractivity contribution in [3.63, 3.8) is 0 Å². The Labute approximate surface area is 208 Å². The molecule has 0 aliphatic heterocycles. The zero-order chi connectivity index (χ0) is 25.1. The first-order valence-corrected chi connectivity index (χ1v) is 14.6. The molecule has 0 bridgehead atoms. The molecule has 0 atom stereocenters. The van der Waals surface area contributed by atoms with Gasteiger partial charge in [-0.2, -0.15) is 0 Å². The van der Waals surface area contributed by atoms with Gasteiger partial charge in [0.05, 0.1) is 25.0 Å². The normalized spacial score (nSPS) is 12.0. The number of benzene rings is 1. The van der Waals surface area contributed by atoms with Crippen LogP contribution in [0.25, 0.3) is 11.3 Å². The largest absolute Gasteiger partial charge is 0.541 e. The lowest BCUT2D eigenvalue weighted by molar-refractivity contribution is -0.117. The number of ether oxygens (including phenoxy) is 1. The predicted octanol–water partition coefficient (Wildman–Crippen LogP) is 7.41. The van der Waals surface area contributed by atoms with Crippen molar-refractivity contribution < 1.29 is 18.8 Å². The highest BCUT2D eigenvalue weighted by molar-refractivity contribution is 9.10. The second kappa shape index (κ2) is 11.0. The molecule has 182 valence electrons. The number of hydrogen-bond acceptors (Lipinski definition) is 4. The minimum absolute atomic E-state index is 0.0149. The van der Waals surface area contributed by atoms with E-state index in [4.69, 9.17) is 9.16 Å². The molecule has 0 spiro atoms. The van der Waals surface area contributed by atoms with Gasteiger partial charge in [0.25, 0.3) is 8.32 Å². The number of Topliss-reactive ketones (excluding diaryl/α,β-unsaturated/α-hetero) is 1. The standard InChI is InChI=1S/C26H38BrNO4Si/c1-10-22-25(32-33(16(2)3,17(4)5)18(6)7)23(26(30)31-9)24(28(22)15-19(8)29)20-11-13-21(27)14-12-20/h11-14,16-18H,10,15H2,1-9H3. The summed E-state index contributed by atoms with van der Waals surface area (Å²) < 4.78 is 15.3. The van der Waals surface area contributed by atoms with Crippen LogP contribution >= 0.6 is 15.9 Å². The average molecular weight is 537 g/mol. The van der Waals surface area contributed by atoms with Crippen LogP contribution in [0.2, 0.25) is 16.6 Å². The van der Waals surface area contributed by atoms with Crippen LogP contribution in [0.3, 0.4) is 0 Å². The highest BCUT2D eigenvalue weighted by Crippen LogP contribution is 2.47. The van der Waals surface area contributed by atoms with E-state index in [2.05, 4.69) is 57.5 Å². The highest BCUT2D eigenvalue weighted by Gasteiger charge is 2.48. The number of methoxy groups -OCH3 is 1. The smallest absolute Gasteiger partial charge is 0.343 e. The van der Waals surface area contributed by atoms with E-state index in [1.807, 2.05) is 35.8 Å². The molecule has 0 N–H and O–H groups in total. The Morgan fingerprint density at radius 3 is 1.91 bits per heavy atom. The minimum Gasteiger partial charge on any atom is -0.541 e. The molecule has 0 aliphatic rings. The third kappa shape index (κ3) is 5.29. The fourth-order valence-electron chi connectivity index (χ4n) is 5.23. The molecule has 7 heteroatoms. The van der Waals surface area contributed by atoms with Crippen LogP contribution in [0, 0.1) is 0 Å². The molecule has 0 unspecified atom stereocenters. The first-order chi connectivity index (χ1) is 15.4. The van der Waals surface area contributed by atoms with Crippen LogP contribution in [-0.4, -0.2) is 31.7 Å². The van der Waals surface area contributed by atoms with Crippen molar-refractivity contribution in [1.82, 2.24) is 4.57 Å². The lowest BCUT2D eigenvalue weighted by atomic mass is 10.1. The summed E-state index contributed by atoms with van der Waals surface area (Å²) >= 11 is 3.49. The summed E-state index contributed by atoms with van der Waals surface area (Å²) in [5.41, 5.74) is 3.80. The van der Waals surface area contributed by atoms with E-state index in [0.29, 0.717) is 40.1 Å². The van der Waals surface area contributed by atoms with Crippen molar-refractivity contribution in [3.05, 3.63) is 40.0 Å². The van der Waals surface area contributed by atoms with Crippen LogP contribution in [0.1, 0.15) is 71.4 Å². The molecule has 0 radical (unpaired) electrons. The summed E-state index contributed by atoms with van der Waals surface area (Å²) in [6, 6.07) is 7.76. The Bertz CT molecular complexity index is 971. The molecule has 0 fully saturated rings. The molecule has 2 aromatic rings. The van der Waals surface area contributed by atoms with Gasteiger partial charge >= 0.3 is 5.97 Å². The molecule has 0 saturated carbocycles. The quantitative estimate of drug-likeness (QED) is 0.234. The van der Waals surface area contributed by atoms with E-state index >= 15 is 0 Å². The zero-order valence-electron chi connectivity index (χ0n) is 21.4. The molecule has 0 amide bonds. The molecule has 33 heavy (non-hydrogen) atoms. The second-order valence-corrected chi connectivity index (χ2v) is 15.9. The highest BCUT2D eigenvalue weighted by atomic mass is 79.9. The molecular formula is C26H38BrNO4Si. The van der Waals surface area contributed by atoms with E-state index < -0.39 is 14.3 Å². The molecular weight excluding hydrogens is 498 g/mol. The van der Waals surface area contributed by atoms with Gasteiger partial charge in [0.2, 0.25) is 0 Å². The third-order valence-corrected chi connectivity index (χ3v) is 13.0. The van der Waals surface area contributed by atoms with Crippen LogP contribution in [0.15, 0.2) is 28.7 Å². The van der Waals surface area contributed by atoms with Crippen molar-refractivity contribution >= 4 is 36.0 Å². The maximum atomic E-state index is 13.3. The lowest BCUT2D eigenvalue weighted by Crippen LogP contribution is -2.51. The number of carbonyl (C=O) groups excluding carboxylic acids is 2. The Morgan fingerprint density at radius 2 is 1.52 bits per heavy atom. The molecule has 1 heterocycles. The van der Waals surface area contributed by atoms with E-state index in [1.165, 1.54) is 7.11 Å². The Balaban J connectivity index is 2.99. The number of aromatic nitrogens is 1. The number of hydrogen-bond donors (Lipinski definition) is 0. The monoisotopic (exact) mass is 535 g/mol. The first kappa shape index (κ1) is 27.4. The van der Waals surface area contributed by atoms with Crippen molar-refractivity contribution in [3.8, 4) is 17.0 Å². The zero-order valence-corrected chi connectivity index (χ0v) is 24.0. The molecule has 1 aromatic heterocycles. The minimum atomic E-state index is -2.38. The van der Waals surface area contributed by atoms with Gasteiger partial charge < -0.3 is 13.7 Å². The van der Waals surface area contributed by atoms with Crippen LogP contribution < -0.4 is 4.43 Å². The van der Waals surface area contributed by atoms with Crippen molar-refractivity contribution in [1.29, 1.82) is 0 Å². The Morgan fingerprint density at radius 1 is 1.00 bits per heavy atom. The van der Waals surface area contributed by atoms with Gasteiger partial charge in [0.15, 0.2) is 0 Å². The average Bonchev–Trinajstić information content (AvgIpc) is 3.03. The van der Waals surface area contributed by atoms with E-state index in [9.17, 15) is 9.59 Å². The lowest BCUT2D eigenvalue weighted by Gasteiger charge is -2.42. The summed E-state index contributed by atoms with van der Waals surface area (Å²) in [6.45, 7) is 17.1. The SMILES string of the molecule is CCc1c(O[Si](C(C)C)(C(C)C)C(C)C)c(C(=O)OC)c(-c2ccc(Br)cc2)n1CC(C)=O. The van der Waals surface area contributed by atoms with Gasteiger partial charge in [0.1, 0.15) is 17.1 Å². The number of carbonyl (C=O) groups is 2. The maximum absolute atomic E-state index is 13.3. The maximum Gasteiger partial charge on any atom is 0.343 e. The van der Waals surface area contributed by atoms with Crippen LogP contribution in [0.4, 0.5) is 0 Å². The predicted molar refractivity (Wildman–Crippen MR) is 141 cm³/mol. The van der Waals surface area contributed by atoms with E-state index in [-0.39, 0.29) is 12.3 Å². The van der Waals surface area contributed by atoms with Gasteiger partial charge in [-0.05, 0) is 47.7 Å². The Kier molecular flexibility index (Phi) is 9.16. The summed E-state index contributed by atoms with van der Waals surface area (Å²) in [4.78, 5) is 25.6. The summed E-state index contributed by atoms with van der Waals surface area (Å²) in [7, 11) is -0.987. The van der Waals surface area contributed by atoms with E-state index in [1.54, 1.807) is 6.92 Å².